The lowest BCUT2D eigenvalue weighted by Gasteiger charge is -2.09. The first-order valence-corrected chi connectivity index (χ1v) is 8.98. The molecule has 0 atom stereocenters. The van der Waals surface area contributed by atoms with E-state index in [1.165, 1.54) is 0 Å². The van der Waals surface area contributed by atoms with Crippen molar-refractivity contribution in [3.8, 4) is 0 Å². The Morgan fingerprint density at radius 2 is 1.67 bits per heavy atom. The van der Waals surface area contributed by atoms with Crippen LogP contribution >= 0.6 is 0 Å². The lowest BCUT2D eigenvalue weighted by molar-refractivity contribution is -0.115. The molecule has 3 N–H and O–H groups in total. The average Bonchev–Trinajstić information content (AvgIpc) is 3.46. The Morgan fingerprint density at radius 3 is 2.37 bits per heavy atom. The molecule has 3 rings (SSSR count). The zero-order valence-electron chi connectivity index (χ0n) is 15.5. The first-order valence-electron chi connectivity index (χ1n) is 8.98. The molecular weight excluding hydrogens is 342 g/mol. The molecule has 1 aliphatic carbocycles. The molecule has 0 radical (unpaired) electrons. The van der Waals surface area contributed by atoms with Crippen LogP contribution in [-0.2, 0) is 4.79 Å². The van der Waals surface area contributed by atoms with Gasteiger partial charge in [-0.3, -0.25) is 14.4 Å². The minimum atomic E-state index is -0.355. The number of carbonyl (C=O) groups excluding carboxylic acids is 3. The number of hydrogen-bond donors (Lipinski definition) is 3. The van der Waals surface area contributed by atoms with Gasteiger partial charge in [-0.25, -0.2) is 0 Å². The van der Waals surface area contributed by atoms with Gasteiger partial charge in [-0.15, -0.1) is 0 Å². The van der Waals surface area contributed by atoms with E-state index in [-0.39, 0.29) is 30.3 Å². The van der Waals surface area contributed by atoms with Gasteiger partial charge in [-0.05, 0) is 68.1 Å². The molecule has 0 aromatic heterocycles. The summed E-state index contributed by atoms with van der Waals surface area (Å²) in [5, 5.41) is 8.22. The average molecular weight is 365 g/mol. The molecule has 6 heteroatoms. The Labute approximate surface area is 158 Å². The molecule has 140 valence electrons. The highest BCUT2D eigenvalue weighted by molar-refractivity contribution is 6.00. The van der Waals surface area contributed by atoms with Gasteiger partial charge in [0, 0.05) is 22.9 Å². The summed E-state index contributed by atoms with van der Waals surface area (Å²) in [6.07, 6.45) is 2.03. The topological polar surface area (TPSA) is 87.3 Å². The van der Waals surface area contributed by atoms with Crippen molar-refractivity contribution in [2.45, 2.75) is 32.7 Å². The number of rotatable bonds is 6. The van der Waals surface area contributed by atoms with Crippen LogP contribution in [0, 0.1) is 13.8 Å². The fourth-order valence-corrected chi connectivity index (χ4v) is 2.59. The Bertz CT molecular complexity index is 888. The van der Waals surface area contributed by atoms with E-state index in [4.69, 9.17) is 0 Å². The van der Waals surface area contributed by atoms with E-state index in [9.17, 15) is 14.4 Å². The lowest BCUT2D eigenvalue weighted by atomic mass is 10.1. The zero-order chi connectivity index (χ0) is 19.4. The molecule has 0 saturated heterocycles. The van der Waals surface area contributed by atoms with Gasteiger partial charge in [-0.2, -0.15) is 0 Å². The molecule has 1 aliphatic rings. The van der Waals surface area contributed by atoms with Crippen molar-refractivity contribution < 1.29 is 14.4 Å². The van der Waals surface area contributed by atoms with Crippen molar-refractivity contribution >= 4 is 23.4 Å². The van der Waals surface area contributed by atoms with Crippen LogP contribution < -0.4 is 16.0 Å². The molecule has 0 spiro atoms. The summed E-state index contributed by atoms with van der Waals surface area (Å²) in [6, 6.07) is 12.4. The fraction of sp³-hybridized carbons (Fsp3) is 0.286. The molecule has 2 aromatic rings. The van der Waals surface area contributed by atoms with Crippen LogP contribution in [0.1, 0.15) is 44.7 Å². The van der Waals surface area contributed by atoms with Gasteiger partial charge in [0.05, 0.1) is 6.54 Å². The van der Waals surface area contributed by atoms with Gasteiger partial charge in [0.1, 0.15) is 0 Å². The number of nitrogens with one attached hydrogen (secondary N) is 3. The van der Waals surface area contributed by atoms with Gasteiger partial charge in [0.25, 0.3) is 11.8 Å². The van der Waals surface area contributed by atoms with Crippen LogP contribution in [0.4, 0.5) is 5.69 Å². The van der Waals surface area contributed by atoms with Crippen LogP contribution in [0.2, 0.25) is 0 Å². The number of carbonyl (C=O) groups is 3. The molecule has 6 nitrogen and oxygen atoms in total. The second-order valence-electron chi connectivity index (χ2n) is 6.86. The molecule has 0 heterocycles. The molecule has 2 aromatic carbocycles. The third kappa shape index (κ3) is 5.17. The minimum Gasteiger partial charge on any atom is -0.349 e. The van der Waals surface area contributed by atoms with E-state index in [1.807, 2.05) is 19.9 Å². The Kier molecular flexibility index (Phi) is 5.54. The molecule has 1 fully saturated rings. The Morgan fingerprint density at radius 1 is 0.926 bits per heavy atom. The van der Waals surface area contributed by atoms with E-state index in [2.05, 4.69) is 16.0 Å². The van der Waals surface area contributed by atoms with Crippen molar-refractivity contribution in [3.63, 3.8) is 0 Å². The second-order valence-corrected chi connectivity index (χ2v) is 6.86. The van der Waals surface area contributed by atoms with Crippen LogP contribution in [0.15, 0.2) is 42.5 Å². The van der Waals surface area contributed by atoms with Gasteiger partial charge in [0.2, 0.25) is 5.91 Å². The number of amides is 3. The second kappa shape index (κ2) is 8.03. The first-order chi connectivity index (χ1) is 12.9. The summed E-state index contributed by atoms with van der Waals surface area (Å²) in [6.45, 7) is 3.76. The molecule has 27 heavy (non-hydrogen) atoms. The van der Waals surface area contributed by atoms with E-state index in [0.29, 0.717) is 16.8 Å². The van der Waals surface area contributed by atoms with Crippen molar-refractivity contribution in [1.29, 1.82) is 0 Å². The molecule has 0 bridgehead atoms. The van der Waals surface area contributed by atoms with E-state index in [0.717, 1.165) is 24.0 Å². The quantitative estimate of drug-likeness (QED) is 0.735. The normalized spacial score (nSPS) is 13.0. The van der Waals surface area contributed by atoms with Crippen molar-refractivity contribution in [2.75, 3.05) is 11.9 Å². The maximum Gasteiger partial charge on any atom is 0.251 e. The summed E-state index contributed by atoms with van der Waals surface area (Å²) in [5.74, 6) is -0.797. The van der Waals surface area contributed by atoms with Crippen LogP contribution in [0.25, 0.3) is 0 Å². The maximum absolute atomic E-state index is 12.2. The van der Waals surface area contributed by atoms with Crippen LogP contribution in [0.3, 0.4) is 0 Å². The number of hydrogen-bond acceptors (Lipinski definition) is 3. The smallest absolute Gasteiger partial charge is 0.251 e. The van der Waals surface area contributed by atoms with Gasteiger partial charge in [-0.1, -0.05) is 12.1 Å². The fourth-order valence-electron chi connectivity index (χ4n) is 2.59. The van der Waals surface area contributed by atoms with Crippen LogP contribution in [0.5, 0.6) is 0 Å². The summed E-state index contributed by atoms with van der Waals surface area (Å²) < 4.78 is 0. The Hall–Kier alpha value is -3.15. The molecule has 1 saturated carbocycles. The third-order valence-electron chi connectivity index (χ3n) is 4.50. The summed E-state index contributed by atoms with van der Waals surface area (Å²) in [5.41, 5.74) is 3.66. The van der Waals surface area contributed by atoms with Crippen molar-refractivity contribution in [1.82, 2.24) is 10.6 Å². The molecule has 0 aliphatic heterocycles. The predicted octanol–water partition coefficient (Wildman–Crippen LogP) is 2.56. The lowest BCUT2D eigenvalue weighted by Crippen LogP contribution is -2.33. The highest BCUT2D eigenvalue weighted by atomic mass is 16.2. The van der Waals surface area contributed by atoms with Crippen molar-refractivity contribution in [2.24, 2.45) is 0 Å². The van der Waals surface area contributed by atoms with Crippen LogP contribution in [-0.4, -0.2) is 30.3 Å². The minimum absolute atomic E-state index is 0.142. The SMILES string of the molecule is Cc1ccc(C(=O)NCC(=O)Nc2cccc(C(=O)NC3CC3)c2)cc1C. The largest absolute Gasteiger partial charge is 0.349 e. The van der Waals surface area contributed by atoms with Gasteiger partial charge >= 0.3 is 0 Å². The highest BCUT2D eigenvalue weighted by Crippen LogP contribution is 2.20. The monoisotopic (exact) mass is 365 g/mol. The zero-order valence-corrected chi connectivity index (χ0v) is 15.5. The van der Waals surface area contributed by atoms with Crippen molar-refractivity contribution in [3.05, 3.63) is 64.7 Å². The molecular formula is C21H23N3O3. The van der Waals surface area contributed by atoms with E-state index in [1.54, 1.807) is 36.4 Å². The number of benzene rings is 2. The Balaban J connectivity index is 1.53. The summed E-state index contributed by atoms with van der Waals surface area (Å²) >= 11 is 0. The highest BCUT2D eigenvalue weighted by Gasteiger charge is 2.23. The molecule has 0 unspecified atom stereocenters. The third-order valence-corrected chi connectivity index (χ3v) is 4.50. The van der Waals surface area contributed by atoms with Gasteiger partial charge in [0.15, 0.2) is 0 Å². The van der Waals surface area contributed by atoms with Gasteiger partial charge < -0.3 is 16.0 Å². The van der Waals surface area contributed by atoms with E-state index >= 15 is 0 Å². The number of aryl methyl sites for hydroxylation is 2. The summed E-state index contributed by atoms with van der Waals surface area (Å²) in [4.78, 5) is 36.4. The standard InChI is InChI=1S/C21H23N3O3/c1-13-6-7-16(10-14(13)2)20(26)22-12-19(25)23-18-5-3-4-15(11-18)21(27)24-17-8-9-17/h3-7,10-11,17H,8-9,12H2,1-2H3,(H,22,26)(H,23,25)(H,24,27). The van der Waals surface area contributed by atoms with E-state index < -0.39 is 0 Å². The first kappa shape index (κ1) is 18.6. The predicted molar refractivity (Wildman–Crippen MR) is 104 cm³/mol. The summed E-state index contributed by atoms with van der Waals surface area (Å²) in [7, 11) is 0. The molecule has 3 amide bonds. The maximum atomic E-state index is 12.2. The number of anilines is 1.